The molecule has 0 N–H and O–H groups in total. The van der Waals surface area contributed by atoms with Crippen molar-refractivity contribution in [2.24, 2.45) is 0 Å². The van der Waals surface area contributed by atoms with Crippen LogP contribution in [0, 0.1) is 17.6 Å². The van der Waals surface area contributed by atoms with Gasteiger partial charge in [0.25, 0.3) is 5.88 Å². The van der Waals surface area contributed by atoms with Crippen LogP contribution in [0.1, 0.15) is 0 Å². The number of methoxy groups -OCH3 is 1. The lowest BCUT2D eigenvalue weighted by atomic mass is 10.4. The van der Waals surface area contributed by atoms with Crippen molar-refractivity contribution in [3.63, 3.8) is 0 Å². The summed E-state index contributed by atoms with van der Waals surface area (Å²) in [7, 11) is 1.07. The van der Waals surface area contributed by atoms with Crippen molar-refractivity contribution in [2.75, 3.05) is 7.11 Å². The molecule has 1 aromatic heterocycles. The Balaban J connectivity index is 3.24. The highest BCUT2D eigenvalue weighted by Crippen LogP contribution is 2.16. The SMILES string of the molecule is COc1nc(F)cc(F)c1F. The van der Waals surface area contributed by atoms with Crippen LogP contribution in [0.3, 0.4) is 0 Å². The lowest BCUT2D eigenvalue weighted by molar-refractivity contribution is 0.343. The largest absolute Gasteiger partial charge is 0.479 e. The molecule has 0 radical (unpaired) electrons. The Hall–Kier alpha value is -1.26. The van der Waals surface area contributed by atoms with Crippen LogP contribution in [0.25, 0.3) is 0 Å². The molecule has 1 heterocycles. The second kappa shape index (κ2) is 2.77. The molecule has 0 spiro atoms. The molecule has 2 nitrogen and oxygen atoms in total. The fourth-order valence-corrected chi connectivity index (χ4v) is 0.584. The Kier molecular flexibility index (Phi) is 1.98. The second-order valence-corrected chi connectivity index (χ2v) is 1.75. The predicted molar refractivity (Wildman–Crippen MR) is 30.7 cm³/mol. The number of hydrogen-bond donors (Lipinski definition) is 0. The fourth-order valence-electron chi connectivity index (χ4n) is 0.584. The number of rotatable bonds is 1. The molecule has 0 aromatic carbocycles. The molecular weight excluding hydrogens is 159 g/mol. The first-order valence-electron chi connectivity index (χ1n) is 2.70. The number of hydrogen-bond acceptors (Lipinski definition) is 2. The second-order valence-electron chi connectivity index (χ2n) is 1.75. The number of aromatic nitrogens is 1. The average molecular weight is 163 g/mol. The van der Waals surface area contributed by atoms with E-state index in [1.807, 2.05) is 0 Å². The molecule has 1 rings (SSSR count). The monoisotopic (exact) mass is 163 g/mol. The zero-order valence-electron chi connectivity index (χ0n) is 5.57. The molecule has 0 aliphatic rings. The molecular formula is C6H4F3NO. The molecule has 1 aromatic rings. The van der Waals surface area contributed by atoms with E-state index >= 15 is 0 Å². The van der Waals surface area contributed by atoms with E-state index in [9.17, 15) is 13.2 Å². The Labute approximate surface area is 60.6 Å². The van der Waals surface area contributed by atoms with Crippen molar-refractivity contribution in [2.45, 2.75) is 0 Å². The van der Waals surface area contributed by atoms with E-state index in [0.717, 1.165) is 7.11 Å². The zero-order valence-corrected chi connectivity index (χ0v) is 5.57. The molecule has 0 unspecified atom stereocenters. The molecule has 0 atom stereocenters. The summed E-state index contributed by atoms with van der Waals surface area (Å²) in [6.45, 7) is 0. The van der Waals surface area contributed by atoms with Crippen LogP contribution in [0.2, 0.25) is 0 Å². The first-order valence-corrected chi connectivity index (χ1v) is 2.70. The molecule has 0 aliphatic heterocycles. The molecule has 11 heavy (non-hydrogen) atoms. The number of halogens is 3. The van der Waals surface area contributed by atoms with E-state index in [1.54, 1.807) is 0 Å². The maximum Gasteiger partial charge on any atom is 0.255 e. The first kappa shape index (κ1) is 7.84. The van der Waals surface area contributed by atoms with Crippen LogP contribution < -0.4 is 4.74 Å². The van der Waals surface area contributed by atoms with Crippen molar-refractivity contribution < 1.29 is 17.9 Å². The third kappa shape index (κ3) is 1.42. The summed E-state index contributed by atoms with van der Waals surface area (Å²) in [6, 6.07) is 0.345. The van der Waals surface area contributed by atoms with Crippen LogP contribution in [0.5, 0.6) is 5.88 Å². The van der Waals surface area contributed by atoms with Crippen molar-refractivity contribution in [1.29, 1.82) is 0 Å². The summed E-state index contributed by atoms with van der Waals surface area (Å²) in [6.07, 6.45) is 0. The maximum atomic E-state index is 12.5. The van der Waals surface area contributed by atoms with E-state index in [2.05, 4.69) is 9.72 Å². The smallest absolute Gasteiger partial charge is 0.255 e. The molecule has 0 saturated carbocycles. The highest BCUT2D eigenvalue weighted by Gasteiger charge is 2.12. The summed E-state index contributed by atoms with van der Waals surface area (Å²) in [5.74, 6) is -4.38. The van der Waals surface area contributed by atoms with Crippen LogP contribution in [-0.4, -0.2) is 12.1 Å². The van der Waals surface area contributed by atoms with Gasteiger partial charge in [0.15, 0.2) is 5.82 Å². The maximum absolute atomic E-state index is 12.5. The Morgan fingerprint density at radius 2 is 2.00 bits per heavy atom. The normalized spacial score (nSPS) is 9.82. The van der Waals surface area contributed by atoms with Gasteiger partial charge in [0.1, 0.15) is 0 Å². The van der Waals surface area contributed by atoms with Crippen molar-refractivity contribution in [1.82, 2.24) is 4.98 Å². The molecule has 60 valence electrons. The van der Waals surface area contributed by atoms with Crippen molar-refractivity contribution in [3.05, 3.63) is 23.6 Å². The van der Waals surface area contributed by atoms with Crippen LogP contribution in [0.4, 0.5) is 13.2 Å². The Morgan fingerprint density at radius 1 is 1.36 bits per heavy atom. The van der Waals surface area contributed by atoms with Gasteiger partial charge in [-0.3, -0.25) is 0 Å². The molecule has 0 aliphatic carbocycles. The minimum absolute atomic E-state index is 0.345. The molecule has 5 heteroatoms. The summed E-state index contributed by atoms with van der Waals surface area (Å²) in [5.41, 5.74) is 0. The summed E-state index contributed by atoms with van der Waals surface area (Å²) < 4.78 is 41.2. The van der Waals surface area contributed by atoms with Crippen LogP contribution in [0.15, 0.2) is 6.07 Å². The van der Waals surface area contributed by atoms with Gasteiger partial charge in [-0.2, -0.15) is 13.8 Å². The third-order valence-corrected chi connectivity index (χ3v) is 1.04. The standard InChI is InChI=1S/C6H4F3NO/c1-11-6-5(9)3(7)2-4(8)10-6/h2H,1H3. The van der Waals surface area contributed by atoms with Crippen LogP contribution >= 0.6 is 0 Å². The minimum atomic E-state index is -1.31. The Morgan fingerprint density at radius 3 is 2.55 bits per heavy atom. The van der Waals surface area contributed by atoms with E-state index in [-0.39, 0.29) is 0 Å². The topological polar surface area (TPSA) is 22.1 Å². The number of nitrogens with zero attached hydrogens (tertiary/aromatic N) is 1. The highest BCUT2D eigenvalue weighted by molar-refractivity contribution is 5.15. The first-order chi connectivity index (χ1) is 5.15. The minimum Gasteiger partial charge on any atom is -0.479 e. The van der Waals surface area contributed by atoms with Gasteiger partial charge in [-0.05, 0) is 0 Å². The highest BCUT2D eigenvalue weighted by atomic mass is 19.2. The van der Waals surface area contributed by atoms with Gasteiger partial charge in [-0.25, -0.2) is 4.39 Å². The molecule has 0 bridgehead atoms. The number of ether oxygens (including phenoxy) is 1. The summed E-state index contributed by atoms with van der Waals surface area (Å²) >= 11 is 0. The lowest BCUT2D eigenvalue weighted by Crippen LogP contribution is -1.97. The fraction of sp³-hybridized carbons (Fsp3) is 0.167. The van der Waals surface area contributed by atoms with E-state index in [0.29, 0.717) is 6.07 Å². The van der Waals surface area contributed by atoms with Crippen LogP contribution in [-0.2, 0) is 0 Å². The van der Waals surface area contributed by atoms with E-state index in [4.69, 9.17) is 0 Å². The lowest BCUT2D eigenvalue weighted by Gasteiger charge is -1.99. The molecule has 0 saturated heterocycles. The quantitative estimate of drug-likeness (QED) is 0.585. The van der Waals surface area contributed by atoms with Gasteiger partial charge in [0.2, 0.25) is 11.8 Å². The Bertz CT molecular complexity index is 277. The van der Waals surface area contributed by atoms with Gasteiger partial charge in [0, 0.05) is 6.07 Å². The molecule has 0 amide bonds. The van der Waals surface area contributed by atoms with Gasteiger partial charge in [-0.1, -0.05) is 0 Å². The zero-order chi connectivity index (χ0) is 8.43. The van der Waals surface area contributed by atoms with Crippen molar-refractivity contribution >= 4 is 0 Å². The van der Waals surface area contributed by atoms with Crippen molar-refractivity contribution in [3.8, 4) is 5.88 Å². The average Bonchev–Trinajstić information content (AvgIpc) is 1.96. The molecule has 0 fully saturated rings. The third-order valence-electron chi connectivity index (χ3n) is 1.04. The van der Waals surface area contributed by atoms with Gasteiger partial charge < -0.3 is 4.74 Å². The summed E-state index contributed by atoms with van der Waals surface area (Å²) in [5, 5.41) is 0. The predicted octanol–water partition coefficient (Wildman–Crippen LogP) is 1.51. The van der Waals surface area contributed by atoms with E-state index < -0.39 is 23.5 Å². The van der Waals surface area contributed by atoms with Gasteiger partial charge in [0.05, 0.1) is 7.11 Å². The van der Waals surface area contributed by atoms with E-state index in [1.165, 1.54) is 0 Å². The van der Waals surface area contributed by atoms with Gasteiger partial charge >= 0.3 is 0 Å². The number of pyridine rings is 1. The van der Waals surface area contributed by atoms with Gasteiger partial charge in [-0.15, -0.1) is 0 Å². The summed E-state index contributed by atoms with van der Waals surface area (Å²) in [4.78, 5) is 2.95.